The standard InChI is InChI=1S/C13H28N2O/c1-3-10-15(4-2)11-9-14-8-7-13-6-5-12-16-13/h13-14H,3-12H2,1-2H3. The Bertz CT molecular complexity index is 158. The van der Waals surface area contributed by atoms with Crippen LogP contribution in [0.5, 0.6) is 0 Å². The third kappa shape index (κ3) is 5.83. The van der Waals surface area contributed by atoms with Gasteiger partial charge in [-0.3, -0.25) is 0 Å². The van der Waals surface area contributed by atoms with E-state index < -0.39 is 0 Å². The first-order chi connectivity index (χ1) is 7.86. The maximum absolute atomic E-state index is 5.59. The van der Waals surface area contributed by atoms with E-state index in [1.807, 2.05) is 0 Å². The molecule has 3 heteroatoms. The summed E-state index contributed by atoms with van der Waals surface area (Å²) >= 11 is 0. The SMILES string of the molecule is CCCN(CC)CCNCCC1CCCO1. The van der Waals surface area contributed by atoms with Gasteiger partial charge in [0.15, 0.2) is 0 Å². The molecule has 0 amide bonds. The Hall–Kier alpha value is -0.120. The van der Waals surface area contributed by atoms with Crippen molar-refractivity contribution in [3.05, 3.63) is 0 Å². The molecule has 1 N–H and O–H groups in total. The van der Waals surface area contributed by atoms with Crippen molar-refractivity contribution in [2.75, 3.05) is 39.3 Å². The van der Waals surface area contributed by atoms with Crippen molar-refractivity contribution in [2.45, 2.75) is 45.6 Å². The highest BCUT2D eigenvalue weighted by atomic mass is 16.5. The van der Waals surface area contributed by atoms with Gasteiger partial charge in [-0.05, 0) is 45.3 Å². The lowest BCUT2D eigenvalue weighted by Gasteiger charge is -2.19. The lowest BCUT2D eigenvalue weighted by atomic mass is 10.2. The third-order valence-electron chi connectivity index (χ3n) is 3.26. The first kappa shape index (κ1) is 13.9. The number of nitrogens with zero attached hydrogens (tertiary/aromatic N) is 1. The molecular formula is C13H28N2O. The zero-order valence-corrected chi connectivity index (χ0v) is 11.0. The molecule has 0 aromatic carbocycles. The van der Waals surface area contributed by atoms with Gasteiger partial charge in [-0.15, -0.1) is 0 Å². The van der Waals surface area contributed by atoms with Crippen LogP contribution in [0, 0.1) is 0 Å². The molecule has 0 spiro atoms. The third-order valence-corrected chi connectivity index (χ3v) is 3.26. The van der Waals surface area contributed by atoms with Crippen molar-refractivity contribution in [2.24, 2.45) is 0 Å². The molecule has 3 nitrogen and oxygen atoms in total. The van der Waals surface area contributed by atoms with Gasteiger partial charge < -0.3 is 15.0 Å². The molecule has 1 rings (SSSR count). The van der Waals surface area contributed by atoms with Crippen molar-refractivity contribution in [3.8, 4) is 0 Å². The summed E-state index contributed by atoms with van der Waals surface area (Å²) in [7, 11) is 0. The van der Waals surface area contributed by atoms with Crippen LogP contribution in [0.15, 0.2) is 0 Å². The quantitative estimate of drug-likeness (QED) is 0.610. The maximum atomic E-state index is 5.59. The molecule has 1 atom stereocenters. The van der Waals surface area contributed by atoms with Gasteiger partial charge in [0.25, 0.3) is 0 Å². The Morgan fingerprint density at radius 2 is 2.12 bits per heavy atom. The maximum Gasteiger partial charge on any atom is 0.0588 e. The summed E-state index contributed by atoms with van der Waals surface area (Å²) in [5.41, 5.74) is 0. The van der Waals surface area contributed by atoms with Gasteiger partial charge in [0, 0.05) is 19.7 Å². The van der Waals surface area contributed by atoms with Crippen LogP contribution in [0.3, 0.4) is 0 Å². The van der Waals surface area contributed by atoms with Crippen LogP contribution in [0.1, 0.15) is 39.5 Å². The van der Waals surface area contributed by atoms with Crippen LogP contribution in [-0.2, 0) is 4.74 Å². The van der Waals surface area contributed by atoms with E-state index in [1.54, 1.807) is 0 Å². The van der Waals surface area contributed by atoms with Gasteiger partial charge in [-0.2, -0.15) is 0 Å². The van der Waals surface area contributed by atoms with Crippen molar-refractivity contribution in [1.82, 2.24) is 10.2 Å². The average Bonchev–Trinajstić information content (AvgIpc) is 2.80. The lowest BCUT2D eigenvalue weighted by molar-refractivity contribution is 0.104. The molecular weight excluding hydrogens is 200 g/mol. The molecule has 0 radical (unpaired) electrons. The molecule has 1 fully saturated rings. The second-order valence-corrected chi connectivity index (χ2v) is 4.61. The molecule has 1 saturated heterocycles. The fourth-order valence-electron chi connectivity index (χ4n) is 2.24. The average molecular weight is 228 g/mol. The van der Waals surface area contributed by atoms with E-state index in [1.165, 1.54) is 45.3 Å². The van der Waals surface area contributed by atoms with Crippen molar-refractivity contribution in [1.29, 1.82) is 0 Å². The highest BCUT2D eigenvalue weighted by molar-refractivity contribution is 4.66. The zero-order chi connectivity index (χ0) is 11.6. The second kappa shape index (κ2) is 8.97. The predicted octanol–water partition coefficient (Wildman–Crippen LogP) is 1.88. The highest BCUT2D eigenvalue weighted by Crippen LogP contribution is 2.14. The number of hydrogen-bond acceptors (Lipinski definition) is 3. The molecule has 0 aromatic heterocycles. The molecule has 16 heavy (non-hydrogen) atoms. The van der Waals surface area contributed by atoms with Crippen molar-refractivity contribution < 1.29 is 4.74 Å². The van der Waals surface area contributed by atoms with Crippen LogP contribution in [0.25, 0.3) is 0 Å². The number of ether oxygens (including phenoxy) is 1. The molecule has 0 bridgehead atoms. The fraction of sp³-hybridized carbons (Fsp3) is 1.00. The minimum Gasteiger partial charge on any atom is -0.378 e. The van der Waals surface area contributed by atoms with Crippen molar-refractivity contribution >= 4 is 0 Å². The smallest absolute Gasteiger partial charge is 0.0588 e. The first-order valence-corrected chi connectivity index (χ1v) is 6.91. The normalized spacial score (nSPS) is 20.8. The number of hydrogen-bond donors (Lipinski definition) is 1. The van der Waals surface area contributed by atoms with Crippen LogP contribution >= 0.6 is 0 Å². The molecule has 0 aromatic rings. The van der Waals surface area contributed by atoms with Crippen LogP contribution in [-0.4, -0.2) is 50.3 Å². The Morgan fingerprint density at radius 1 is 1.25 bits per heavy atom. The summed E-state index contributed by atoms with van der Waals surface area (Å²) in [5, 5.41) is 3.51. The first-order valence-electron chi connectivity index (χ1n) is 6.91. The summed E-state index contributed by atoms with van der Waals surface area (Å²) in [5.74, 6) is 0. The van der Waals surface area contributed by atoms with Crippen LogP contribution in [0.4, 0.5) is 0 Å². The molecule has 1 unspecified atom stereocenters. The number of nitrogens with one attached hydrogen (secondary N) is 1. The van der Waals surface area contributed by atoms with E-state index in [9.17, 15) is 0 Å². The van der Waals surface area contributed by atoms with Crippen LogP contribution in [0.2, 0.25) is 0 Å². The van der Waals surface area contributed by atoms with Gasteiger partial charge in [-0.1, -0.05) is 13.8 Å². The van der Waals surface area contributed by atoms with Gasteiger partial charge in [0.05, 0.1) is 6.10 Å². The van der Waals surface area contributed by atoms with Crippen LogP contribution < -0.4 is 5.32 Å². The Morgan fingerprint density at radius 3 is 2.75 bits per heavy atom. The largest absolute Gasteiger partial charge is 0.378 e. The monoisotopic (exact) mass is 228 g/mol. The van der Waals surface area contributed by atoms with E-state index in [4.69, 9.17) is 4.74 Å². The Balaban J connectivity index is 1.89. The lowest BCUT2D eigenvalue weighted by Crippen LogP contribution is -2.33. The Labute approximate surface area is 101 Å². The summed E-state index contributed by atoms with van der Waals surface area (Å²) in [6.45, 7) is 11.2. The van der Waals surface area contributed by atoms with Gasteiger partial charge in [0.1, 0.15) is 0 Å². The van der Waals surface area contributed by atoms with Gasteiger partial charge >= 0.3 is 0 Å². The predicted molar refractivity (Wildman–Crippen MR) is 68.9 cm³/mol. The summed E-state index contributed by atoms with van der Waals surface area (Å²) < 4.78 is 5.59. The van der Waals surface area contributed by atoms with E-state index in [0.29, 0.717) is 6.10 Å². The minimum absolute atomic E-state index is 0.533. The van der Waals surface area contributed by atoms with Gasteiger partial charge in [-0.25, -0.2) is 0 Å². The van der Waals surface area contributed by atoms with E-state index in [0.717, 1.165) is 19.7 Å². The molecule has 1 heterocycles. The summed E-state index contributed by atoms with van der Waals surface area (Å²) in [6.07, 6.45) is 5.48. The van der Waals surface area contributed by atoms with Gasteiger partial charge in [0.2, 0.25) is 0 Å². The van der Waals surface area contributed by atoms with E-state index in [2.05, 4.69) is 24.1 Å². The minimum atomic E-state index is 0.533. The molecule has 1 aliphatic rings. The van der Waals surface area contributed by atoms with Crippen molar-refractivity contribution in [3.63, 3.8) is 0 Å². The Kier molecular flexibility index (Phi) is 7.81. The zero-order valence-electron chi connectivity index (χ0n) is 11.0. The number of rotatable bonds is 9. The topological polar surface area (TPSA) is 24.5 Å². The second-order valence-electron chi connectivity index (χ2n) is 4.61. The fourth-order valence-corrected chi connectivity index (χ4v) is 2.24. The summed E-state index contributed by atoms with van der Waals surface area (Å²) in [6, 6.07) is 0. The molecule has 0 saturated carbocycles. The molecule has 1 aliphatic heterocycles. The molecule has 0 aliphatic carbocycles. The number of likely N-dealkylation sites (N-methyl/N-ethyl adjacent to an activating group) is 1. The highest BCUT2D eigenvalue weighted by Gasteiger charge is 2.14. The summed E-state index contributed by atoms with van der Waals surface area (Å²) in [4.78, 5) is 2.50. The molecule has 96 valence electrons. The van der Waals surface area contributed by atoms with E-state index >= 15 is 0 Å². The van der Waals surface area contributed by atoms with E-state index in [-0.39, 0.29) is 0 Å².